The van der Waals surface area contributed by atoms with Crippen LogP contribution in [0.5, 0.6) is 17.2 Å². The van der Waals surface area contributed by atoms with Gasteiger partial charge in [-0.2, -0.15) is 0 Å². The third-order valence-corrected chi connectivity index (χ3v) is 7.81. The molecule has 0 fully saturated rings. The molecule has 0 radical (unpaired) electrons. The molecular weight excluding hydrogens is 595 g/mol. The fraction of sp³-hybridized carbons (Fsp3) is 0.286. The molecular formula is C28H24Cl2N2O8S. The Kier molecular flexibility index (Phi) is 8.39. The van der Waals surface area contributed by atoms with Gasteiger partial charge in [-0.25, -0.2) is 14.6 Å². The number of carbonyl (C=O) groups excluding carboxylic acids is 1. The van der Waals surface area contributed by atoms with Crippen molar-refractivity contribution >= 4 is 52.6 Å². The van der Waals surface area contributed by atoms with E-state index in [0.29, 0.717) is 44.1 Å². The van der Waals surface area contributed by atoms with Gasteiger partial charge in [-0.15, -0.1) is 0 Å². The van der Waals surface area contributed by atoms with Crippen LogP contribution in [0, 0.1) is 0 Å². The highest BCUT2D eigenvalue weighted by Gasteiger charge is 2.35. The SMILES string of the molecule is CCCC1=C(C(=O)OCC)[C@H](c2ccc3c(c2)OCO3)n2c(s/c(=C\c3cc(Cl)c(OCC(=O)O)c(Cl)c3)c2=O)=N1. The first-order chi connectivity index (χ1) is 19.7. The number of carbonyl (C=O) groups is 2. The van der Waals surface area contributed by atoms with Gasteiger partial charge in [0, 0.05) is 0 Å². The Hall–Kier alpha value is -3.80. The van der Waals surface area contributed by atoms with Gasteiger partial charge in [-0.3, -0.25) is 9.36 Å². The number of hydrogen-bond donors (Lipinski definition) is 1. The molecule has 5 rings (SSSR count). The molecule has 214 valence electrons. The maximum Gasteiger partial charge on any atom is 0.341 e. The minimum atomic E-state index is -1.18. The van der Waals surface area contributed by atoms with Gasteiger partial charge in [0.1, 0.15) is 0 Å². The lowest BCUT2D eigenvalue weighted by Crippen LogP contribution is -2.40. The number of thiazole rings is 1. The second-order valence-corrected chi connectivity index (χ2v) is 10.8. The van der Waals surface area contributed by atoms with Crippen LogP contribution in [0.4, 0.5) is 0 Å². The number of rotatable bonds is 9. The Morgan fingerprint density at radius 3 is 2.59 bits per heavy atom. The van der Waals surface area contributed by atoms with Gasteiger partial charge in [0.2, 0.25) is 6.79 Å². The summed E-state index contributed by atoms with van der Waals surface area (Å²) in [5, 5.41) is 9.07. The molecule has 1 aromatic heterocycles. The first-order valence-electron chi connectivity index (χ1n) is 12.7. The summed E-state index contributed by atoms with van der Waals surface area (Å²) >= 11 is 13.8. The average Bonchev–Trinajstić information content (AvgIpc) is 3.51. The molecule has 0 spiro atoms. The highest BCUT2D eigenvalue weighted by atomic mass is 35.5. The fourth-order valence-electron chi connectivity index (χ4n) is 4.61. The van der Waals surface area contributed by atoms with E-state index in [1.54, 1.807) is 31.2 Å². The molecule has 3 heterocycles. The van der Waals surface area contributed by atoms with Gasteiger partial charge in [0.15, 0.2) is 28.7 Å². The topological polar surface area (TPSA) is 126 Å². The lowest BCUT2D eigenvalue weighted by atomic mass is 9.94. The molecule has 0 saturated heterocycles. The normalized spacial score (nSPS) is 15.9. The highest BCUT2D eigenvalue weighted by Crippen LogP contribution is 2.39. The van der Waals surface area contributed by atoms with Crippen LogP contribution < -0.4 is 29.1 Å². The van der Waals surface area contributed by atoms with Gasteiger partial charge in [0.05, 0.1) is 38.5 Å². The minimum Gasteiger partial charge on any atom is -0.479 e. The zero-order chi connectivity index (χ0) is 29.3. The number of hydrogen-bond acceptors (Lipinski definition) is 9. The van der Waals surface area contributed by atoms with Crippen molar-refractivity contribution in [3.63, 3.8) is 0 Å². The van der Waals surface area contributed by atoms with Crippen molar-refractivity contribution in [1.29, 1.82) is 0 Å². The minimum absolute atomic E-state index is 0.0282. The second-order valence-electron chi connectivity index (χ2n) is 9.02. The quantitative estimate of drug-likeness (QED) is 0.356. The summed E-state index contributed by atoms with van der Waals surface area (Å²) < 4.78 is 23.4. The maximum absolute atomic E-state index is 13.9. The van der Waals surface area contributed by atoms with E-state index in [2.05, 4.69) is 0 Å². The summed E-state index contributed by atoms with van der Waals surface area (Å²) in [5.74, 6) is -0.617. The van der Waals surface area contributed by atoms with Gasteiger partial charge < -0.3 is 24.1 Å². The highest BCUT2D eigenvalue weighted by molar-refractivity contribution is 7.07. The Labute approximate surface area is 247 Å². The monoisotopic (exact) mass is 618 g/mol. The van der Waals surface area contributed by atoms with E-state index in [0.717, 1.165) is 17.8 Å². The van der Waals surface area contributed by atoms with Gasteiger partial charge in [0.25, 0.3) is 5.56 Å². The number of nitrogens with zero attached hydrogens (tertiary/aromatic N) is 2. The summed E-state index contributed by atoms with van der Waals surface area (Å²) in [6.45, 7) is 3.33. The molecule has 13 heteroatoms. The largest absolute Gasteiger partial charge is 0.479 e. The number of allylic oxidation sites excluding steroid dienone is 1. The third-order valence-electron chi connectivity index (χ3n) is 6.26. The number of benzene rings is 2. The lowest BCUT2D eigenvalue weighted by Gasteiger charge is -2.25. The van der Waals surface area contributed by atoms with Crippen LogP contribution in [0.25, 0.3) is 6.08 Å². The molecule has 0 unspecified atom stereocenters. The summed E-state index contributed by atoms with van der Waals surface area (Å²) in [6, 6.07) is 7.51. The predicted octanol–water partition coefficient (Wildman–Crippen LogP) is 4.08. The number of halogens is 2. The van der Waals surface area contributed by atoms with E-state index >= 15 is 0 Å². The average molecular weight is 619 g/mol. The van der Waals surface area contributed by atoms with E-state index < -0.39 is 24.6 Å². The maximum atomic E-state index is 13.9. The van der Waals surface area contributed by atoms with Crippen LogP contribution in [-0.2, 0) is 14.3 Å². The Balaban J connectivity index is 1.68. The van der Waals surface area contributed by atoms with Crippen molar-refractivity contribution in [1.82, 2.24) is 4.57 Å². The van der Waals surface area contributed by atoms with Gasteiger partial charge in [-0.05, 0) is 54.8 Å². The molecule has 0 aliphatic carbocycles. The number of carboxylic acid groups (broad SMARTS) is 1. The van der Waals surface area contributed by atoms with E-state index in [-0.39, 0.29) is 40.3 Å². The first-order valence-corrected chi connectivity index (χ1v) is 14.2. The zero-order valence-corrected chi connectivity index (χ0v) is 24.3. The van der Waals surface area contributed by atoms with E-state index in [1.807, 2.05) is 6.92 Å². The van der Waals surface area contributed by atoms with Crippen LogP contribution >= 0.6 is 34.5 Å². The van der Waals surface area contributed by atoms with Crippen LogP contribution in [0.3, 0.4) is 0 Å². The van der Waals surface area contributed by atoms with Crippen LogP contribution in [0.1, 0.15) is 43.9 Å². The molecule has 2 aliphatic heterocycles. The number of fused-ring (bicyclic) bond motifs is 2. The van der Waals surface area contributed by atoms with Crippen molar-refractivity contribution in [2.45, 2.75) is 32.7 Å². The van der Waals surface area contributed by atoms with E-state index in [1.165, 1.54) is 16.7 Å². The lowest BCUT2D eigenvalue weighted by molar-refractivity contribution is -0.140. The molecule has 10 nitrogen and oxygen atoms in total. The third kappa shape index (κ3) is 5.70. The Morgan fingerprint density at radius 1 is 1.17 bits per heavy atom. The molecule has 2 aromatic carbocycles. The number of aromatic nitrogens is 1. The molecule has 0 bridgehead atoms. The number of carboxylic acids is 1. The van der Waals surface area contributed by atoms with Crippen LogP contribution in [0.2, 0.25) is 10.0 Å². The Morgan fingerprint density at radius 2 is 1.90 bits per heavy atom. The molecule has 1 N–H and O–H groups in total. The fourth-order valence-corrected chi connectivity index (χ4v) is 6.24. The Bertz CT molecular complexity index is 1740. The molecule has 2 aliphatic rings. The standard InChI is InChI=1S/C28H24Cl2N2O8S/c1-3-5-18-23(27(36)37-4-2)24(15-6-7-19-20(11-15)40-13-39-19)32-26(35)21(41-28(32)31-18)10-14-8-16(29)25(17(30)9-14)38-12-22(33)34/h6-11,24H,3-5,12-13H2,1-2H3,(H,33,34)/b21-10-/t24-/m0/s1. The number of aliphatic carboxylic acids is 1. The molecule has 0 saturated carbocycles. The van der Waals surface area contributed by atoms with Crippen molar-refractivity contribution < 1.29 is 33.6 Å². The molecule has 1 atom stereocenters. The van der Waals surface area contributed by atoms with Crippen molar-refractivity contribution in [3.05, 3.63) is 82.5 Å². The van der Waals surface area contributed by atoms with Crippen molar-refractivity contribution in [2.24, 2.45) is 4.99 Å². The van der Waals surface area contributed by atoms with Gasteiger partial charge in [-0.1, -0.05) is 53.9 Å². The number of esters is 1. The number of ether oxygens (including phenoxy) is 4. The summed E-state index contributed by atoms with van der Waals surface area (Å²) in [5.41, 5.74) is 1.59. The van der Waals surface area contributed by atoms with Crippen LogP contribution in [0.15, 0.2) is 51.4 Å². The summed E-state index contributed by atoms with van der Waals surface area (Å²) in [6.07, 6.45) is 2.83. The summed E-state index contributed by atoms with van der Waals surface area (Å²) in [4.78, 5) is 43.3. The second kappa shape index (κ2) is 12.0. The predicted molar refractivity (Wildman–Crippen MR) is 152 cm³/mol. The van der Waals surface area contributed by atoms with Crippen molar-refractivity contribution in [2.75, 3.05) is 20.0 Å². The first kappa shape index (κ1) is 28.7. The molecule has 3 aromatic rings. The smallest absolute Gasteiger partial charge is 0.341 e. The van der Waals surface area contributed by atoms with E-state index in [4.69, 9.17) is 52.2 Å². The zero-order valence-electron chi connectivity index (χ0n) is 21.9. The van der Waals surface area contributed by atoms with E-state index in [9.17, 15) is 14.4 Å². The molecule has 41 heavy (non-hydrogen) atoms. The summed E-state index contributed by atoms with van der Waals surface area (Å²) in [7, 11) is 0. The van der Waals surface area contributed by atoms with Crippen LogP contribution in [-0.4, -0.2) is 41.6 Å². The van der Waals surface area contributed by atoms with Crippen molar-refractivity contribution in [3.8, 4) is 17.2 Å². The van der Waals surface area contributed by atoms with Gasteiger partial charge >= 0.3 is 11.9 Å². The molecule has 0 amide bonds.